The standard InChI is InChI=1S/C22H20F3N3/c1-3-4-5-19-18(22(23,24)25)10-15(12-27-19)14-6-7-16-17-13-26-9-8-20(17)28(2)21(16)11-14/h6-13H,3-5H2,1-2H3. The van der Waals surface area contributed by atoms with Crippen molar-refractivity contribution in [1.29, 1.82) is 0 Å². The van der Waals surface area contributed by atoms with Crippen molar-refractivity contribution < 1.29 is 13.2 Å². The molecule has 4 rings (SSSR count). The average Bonchev–Trinajstić information content (AvgIpc) is 2.98. The van der Waals surface area contributed by atoms with Crippen molar-refractivity contribution in [1.82, 2.24) is 14.5 Å². The Balaban J connectivity index is 1.85. The van der Waals surface area contributed by atoms with Crippen LogP contribution in [0.3, 0.4) is 0 Å². The number of rotatable bonds is 4. The Labute approximate surface area is 160 Å². The van der Waals surface area contributed by atoms with E-state index in [1.807, 2.05) is 49.0 Å². The average molecular weight is 383 g/mol. The lowest BCUT2D eigenvalue weighted by molar-refractivity contribution is -0.138. The Kier molecular flexibility index (Phi) is 4.57. The van der Waals surface area contributed by atoms with Crippen molar-refractivity contribution in [2.45, 2.75) is 32.4 Å². The number of aryl methyl sites for hydroxylation is 2. The van der Waals surface area contributed by atoms with E-state index in [4.69, 9.17) is 0 Å². The maximum Gasteiger partial charge on any atom is 0.418 e. The maximum absolute atomic E-state index is 13.6. The Morgan fingerprint density at radius 2 is 1.79 bits per heavy atom. The number of nitrogens with zero attached hydrogens (tertiary/aromatic N) is 3. The molecule has 6 heteroatoms. The van der Waals surface area contributed by atoms with Gasteiger partial charge in [-0.15, -0.1) is 0 Å². The number of fused-ring (bicyclic) bond motifs is 3. The van der Waals surface area contributed by atoms with E-state index in [9.17, 15) is 13.2 Å². The van der Waals surface area contributed by atoms with Crippen molar-refractivity contribution in [2.24, 2.45) is 7.05 Å². The number of halogens is 3. The predicted octanol–water partition coefficient (Wildman–Crippen LogP) is 6.15. The van der Waals surface area contributed by atoms with E-state index in [1.165, 1.54) is 6.07 Å². The number of alkyl halides is 3. The Bertz CT molecular complexity index is 1160. The molecule has 0 fully saturated rings. The number of benzene rings is 1. The van der Waals surface area contributed by atoms with Gasteiger partial charge >= 0.3 is 6.18 Å². The number of hydrogen-bond acceptors (Lipinski definition) is 2. The topological polar surface area (TPSA) is 30.7 Å². The van der Waals surface area contributed by atoms with Crippen molar-refractivity contribution in [2.75, 3.05) is 0 Å². The van der Waals surface area contributed by atoms with Gasteiger partial charge in [0.05, 0.1) is 16.8 Å². The predicted molar refractivity (Wildman–Crippen MR) is 105 cm³/mol. The van der Waals surface area contributed by atoms with Crippen LogP contribution >= 0.6 is 0 Å². The van der Waals surface area contributed by atoms with E-state index < -0.39 is 11.7 Å². The van der Waals surface area contributed by atoms with Gasteiger partial charge in [0.1, 0.15) is 0 Å². The molecule has 0 saturated carbocycles. The zero-order valence-electron chi connectivity index (χ0n) is 15.7. The van der Waals surface area contributed by atoms with E-state index in [1.54, 1.807) is 12.4 Å². The first-order valence-corrected chi connectivity index (χ1v) is 9.28. The van der Waals surface area contributed by atoms with Gasteiger partial charge in [0.15, 0.2) is 0 Å². The maximum atomic E-state index is 13.6. The third-order valence-corrected chi connectivity index (χ3v) is 5.18. The van der Waals surface area contributed by atoms with Crippen molar-refractivity contribution in [3.63, 3.8) is 0 Å². The van der Waals surface area contributed by atoms with Crippen LogP contribution in [0.2, 0.25) is 0 Å². The lowest BCUT2D eigenvalue weighted by Crippen LogP contribution is -2.11. The molecule has 0 aliphatic carbocycles. The monoisotopic (exact) mass is 383 g/mol. The zero-order valence-corrected chi connectivity index (χ0v) is 15.7. The van der Waals surface area contributed by atoms with Gasteiger partial charge in [-0.05, 0) is 36.6 Å². The molecule has 0 unspecified atom stereocenters. The van der Waals surface area contributed by atoms with Crippen LogP contribution < -0.4 is 0 Å². The second-order valence-corrected chi connectivity index (χ2v) is 7.00. The minimum atomic E-state index is -4.42. The summed E-state index contributed by atoms with van der Waals surface area (Å²) in [6.45, 7) is 1.95. The summed E-state index contributed by atoms with van der Waals surface area (Å²) in [5, 5.41) is 2.05. The van der Waals surface area contributed by atoms with Crippen molar-refractivity contribution in [3.05, 3.63) is 60.2 Å². The highest BCUT2D eigenvalue weighted by atomic mass is 19.4. The van der Waals surface area contributed by atoms with E-state index in [2.05, 4.69) is 9.97 Å². The fourth-order valence-electron chi connectivity index (χ4n) is 3.67. The lowest BCUT2D eigenvalue weighted by atomic mass is 10.0. The van der Waals surface area contributed by atoms with Gasteiger partial charge in [0, 0.05) is 47.5 Å². The molecule has 0 atom stereocenters. The first-order chi connectivity index (χ1) is 13.4. The van der Waals surface area contributed by atoms with Gasteiger partial charge in [0.25, 0.3) is 0 Å². The van der Waals surface area contributed by atoms with Crippen LogP contribution in [0.5, 0.6) is 0 Å². The summed E-state index contributed by atoms with van der Waals surface area (Å²) in [6.07, 6.45) is 2.52. The molecule has 0 saturated heterocycles. The minimum Gasteiger partial charge on any atom is -0.343 e. The van der Waals surface area contributed by atoms with Crippen LogP contribution in [-0.2, 0) is 19.6 Å². The quantitative estimate of drug-likeness (QED) is 0.423. The van der Waals surface area contributed by atoms with Crippen LogP contribution in [0.4, 0.5) is 13.2 Å². The molecule has 28 heavy (non-hydrogen) atoms. The molecule has 1 aromatic carbocycles. The molecule has 0 amide bonds. The van der Waals surface area contributed by atoms with Gasteiger partial charge in [-0.1, -0.05) is 25.5 Å². The molecule has 0 spiro atoms. The summed E-state index contributed by atoms with van der Waals surface area (Å²) >= 11 is 0. The normalized spacial score (nSPS) is 12.2. The SMILES string of the molecule is CCCCc1ncc(-c2ccc3c4cnccc4n(C)c3c2)cc1C(F)(F)F. The zero-order chi connectivity index (χ0) is 19.9. The molecule has 4 aromatic rings. The second kappa shape index (κ2) is 6.93. The largest absolute Gasteiger partial charge is 0.418 e. The minimum absolute atomic E-state index is 0.120. The highest BCUT2D eigenvalue weighted by Gasteiger charge is 2.34. The van der Waals surface area contributed by atoms with Crippen LogP contribution in [-0.4, -0.2) is 14.5 Å². The van der Waals surface area contributed by atoms with E-state index in [-0.39, 0.29) is 5.69 Å². The molecule has 0 bridgehead atoms. The fraction of sp³-hybridized carbons (Fsp3) is 0.273. The molecular weight excluding hydrogens is 363 g/mol. The summed E-state index contributed by atoms with van der Waals surface area (Å²) in [7, 11) is 1.95. The number of pyridine rings is 2. The van der Waals surface area contributed by atoms with Gasteiger partial charge in [0.2, 0.25) is 0 Å². The van der Waals surface area contributed by atoms with E-state index >= 15 is 0 Å². The van der Waals surface area contributed by atoms with Gasteiger partial charge in [-0.3, -0.25) is 9.97 Å². The molecule has 3 aromatic heterocycles. The summed E-state index contributed by atoms with van der Waals surface area (Å²) in [6, 6.07) is 8.85. The number of hydrogen-bond donors (Lipinski definition) is 0. The number of aromatic nitrogens is 3. The first kappa shape index (κ1) is 18.5. The van der Waals surface area contributed by atoms with Crippen molar-refractivity contribution >= 4 is 21.8 Å². The molecule has 0 aliphatic rings. The Morgan fingerprint density at radius 1 is 0.964 bits per heavy atom. The highest BCUT2D eigenvalue weighted by molar-refractivity contribution is 6.08. The lowest BCUT2D eigenvalue weighted by Gasteiger charge is -2.14. The summed E-state index contributed by atoms with van der Waals surface area (Å²) in [4.78, 5) is 8.35. The van der Waals surface area contributed by atoms with E-state index in [0.29, 0.717) is 24.0 Å². The first-order valence-electron chi connectivity index (χ1n) is 9.28. The van der Waals surface area contributed by atoms with Crippen LogP contribution in [0.1, 0.15) is 31.0 Å². The highest BCUT2D eigenvalue weighted by Crippen LogP contribution is 2.36. The molecule has 0 N–H and O–H groups in total. The third-order valence-electron chi connectivity index (χ3n) is 5.18. The Morgan fingerprint density at radius 3 is 2.54 bits per heavy atom. The van der Waals surface area contributed by atoms with Crippen LogP contribution in [0, 0.1) is 0 Å². The van der Waals surface area contributed by atoms with Crippen molar-refractivity contribution in [3.8, 4) is 11.1 Å². The fourth-order valence-corrected chi connectivity index (χ4v) is 3.67. The van der Waals surface area contributed by atoms with Gasteiger partial charge in [-0.25, -0.2) is 0 Å². The smallest absolute Gasteiger partial charge is 0.343 e. The summed E-state index contributed by atoms with van der Waals surface area (Å²) < 4.78 is 42.8. The summed E-state index contributed by atoms with van der Waals surface area (Å²) in [5.41, 5.74) is 2.65. The van der Waals surface area contributed by atoms with Gasteiger partial charge < -0.3 is 4.57 Å². The Hall–Kier alpha value is -2.89. The van der Waals surface area contributed by atoms with Gasteiger partial charge in [-0.2, -0.15) is 13.2 Å². The third kappa shape index (κ3) is 3.13. The molecule has 3 nitrogen and oxygen atoms in total. The molecule has 0 radical (unpaired) electrons. The molecule has 144 valence electrons. The second-order valence-electron chi connectivity index (χ2n) is 7.00. The van der Waals surface area contributed by atoms with E-state index in [0.717, 1.165) is 28.2 Å². The number of unbranched alkanes of at least 4 members (excludes halogenated alkanes) is 1. The summed E-state index contributed by atoms with van der Waals surface area (Å²) in [5.74, 6) is 0. The molecular formula is C22H20F3N3. The molecule has 3 heterocycles. The van der Waals surface area contributed by atoms with Crippen LogP contribution in [0.15, 0.2) is 48.9 Å². The molecule has 0 aliphatic heterocycles. The van der Waals surface area contributed by atoms with Crippen LogP contribution in [0.25, 0.3) is 32.9 Å².